The fraction of sp³-hybridized carbons (Fsp3) is 0.778. The summed E-state index contributed by atoms with van der Waals surface area (Å²) >= 11 is 0. The van der Waals surface area contributed by atoms with Crippen molar-refractivity contribution in [3.05, 3.63) is 0 Å². The minimum atomic E-state index is -5.19. The Morgan fingerprint density at radius 2 is 1.63 bits per heavy atom. The minimum absolute atomic E-state index is 0.316. The Kier molecular flexibility index (Phi) is 3.96. The van der Waals surface area contributed by atoms with Gasteiger partial charge < -0.3 is 25.5 Å². The number of nitrogens with one attached hydrogen (secondary N) is 1. The van der Waals surface area contributed by atoms with Crippen molar-refractivity contribution in [3.63, 3.8) is 0 Å². The SMILES string of the molecule is CC(NC(=O)N1CC(O)C(O)C1)(C(=O)O)C(F)(F)F. The fourth-order valence-corrected chi connectivity index (χ4v) is 1.47. The number of carbonyl (C=O) groups excluding carboxylic acids is 1. The van der Waals surface area contributed by atoms with E-state index in [4.69, 9.17) is 5.11 Å². The maximum Gasteiger partial charge on any atom is 0.422 e. The van der Waals surface area contributed by atoms with Crippen molar-refractivity contribution in [1.29, 1.82) is 0 Å². The van der Waals surface area contributed by atoms with Gasteiger partial charge in [0, 0.05) is 0 Å². The van der Waals surface area contributed by atoms with Crippen LogP contribution in [-0.4, -0.2) is 69.2 Å². The molecular weight excluding hydrogens is 273 g/mol. The van der Waals surface area contributed by atoms with Gasteiger partial charge in [-0.15, -0.1) is 0 Å². The van der Waals surface area contributed by atoms with E-state index in [0.717, 1.165) is 0 Å². The van der Waals surface area contributed by atoms with Gasteiger partial charge in [-0.05, 0) is 6.92 Å². The molecule has 0 saturated carbocycles. The van der Waals surface area contributed by atoms with Crippen molar-refractivity contribution in [2.75, 3.05) is 13.1 Å². The molecule has 0 aromatic heterocycles. The first-order valence-electron chi connectivity index (χ1n) is 5.22. The Morgan fingerprint density at radius 1 is 1.21 bits per heavy atom. The second kappa shape index (κ2) is 4.85. The van der Waals surface area contributed by atoms with Crippen LogP contribution in [0.15, 0.2) is 0 Å². The summed E-state index contributed by atoms with van der Waals surface area (Å²) in [7, 11) is 0. The molecule has 0 radical (unpaired) electrons. The van der Waals surface area contributed by atoms with Gasteiger partial charge in [0.05, 0.1) is 25.3 Å². The van der Waals surface area contributed by atoms with Crippen LogP contribution in [0.1, 0.15) is 6.92 Å². The molecular formula is C9H13F3N2O5. The first-order valence-corrected chi connectivity index (χ1v) is 5.22. The Balaban J connectivity index is 2.82. The van der Waals surface area contributed by atoms with Gasteiger partial charge in [0.1, 0.15) is 0 Å². The highest BCUT2D eigenvalue weighted by Crippen LogP contribution is 2.30. The van der Waals surface area contributed by atoms with E-state index >= 15 is 0 Å². The molecule has 1 aliphatic rings. The molecule has 19 heavy (non-hydrogen) atoms. The molecule has 1 rings (SSSR count). The zero-order valence-electron chi connectivity index (χ0n) is 9.81. The van der Waals surface area contributed by atoms with Gasteiger partial charge in [-0.25, -0.2) is 9.59 Å². The van der Waals surface area contributed by atoms with Crippen molar-refractivity contribution in [1.82, 2.24) is 10.2 Å². The highest BCUT2D eigenvalue weighted by atomic mass is 19.4. The lowest BCUT2D eigenvalue weighted by atomic mass is 10.0. The number of hydrogen-bond acceptors (Lipinski definition) is 4. The third kappa shape index (κ3) is 2.89. The van der Waals surface area contributed by atoms with Crippen LogP contribution in [0.4, 0.5) is 18.0 Å². The molecule has 1 saturated heterocycles. The molecule has 2 amide bonds. The number of nitrogens with zero attached hydrogens (tertiary/aromatic N) is 1. The summed E-state index contributed by atoms with van der Waals surface area (Å²) < 4.78 is 37.9. The van der Waals surface area contributed by atoms with Gasteiger partial charge in [-0.2, -0.15) is 13.2 Å². The van der Waals surface area contributed by atoms with Crippen LogP contribution < -0.4 is 5.32 Å². The number of aliphatic carboxylic acids is 1. The number of alkyl halides is 3. The number of carbonyl (C=O) groups is 2. The van der Waals surface area contributed by atoms with E-state index in [-0.39, 0.29) is 13.1 Å². The number of carboxylic acids is 1. The Hall–Kier alpha value is -1.55. The topological polar surface area (TPSA) is 110 Å². The number of amides is 2. The van der Waals surface area contributed by atoms with E-state index in [0.29, 0.717) is 11.8 Å². The second-order valence-electron chi connectivity index (χ2n) is 4.40. The average molecular weight is 286 g/mol. The van der Waals surface area contributed by atoms with Crippen molar-refractivity contribution in [2.24, 2.45) is 0 Å². The number of β-amino-alcohol motifs (C(OH)–C–C–N with tert-alkyl or cyclic N) is 2. The molecule has 0 spiro atoms. The van der Waals surface area contributed by atoms with E-state index in [1.807, 2.05) is 0 Å². The molecule has 3 unspecified atom stereocenters. The molecule has 110 valence electrons. The number of carboxylic acid groups (broad SMARTS) is 1. The van der Waals surface area contributed by atoms with E-state index < -0.39 is 35.9 Å². The number of aliphatic hydroxyl groups is 2. The monoisotopic (exact) mass is 286 g/mol. The largest absolute Gasteiger partial charge is 0.479 e. The number of rotatable bonds is 2. The summed E-state index contributed by atoms with van der Waals surface area (Å²) in [5.41, 5.74) is -3.44. The maximum atomic E-state index is 12.6. The first kappa shape index (κ1) is 15.5. The first-order chi connectivity index (χ1) is 8.49. The molecule has 7 nitrogen and oxygen atoms in total. The fourth-order valence-electron chi connectivity index (χ4n) is 1.47. The molecule has 0 aliphatic carbocycles. The van der Waals surface area contributed by atoms with Gasteiger partial charge in [-0.3, -0.25) is 0 Å². The minimum Gasteiger partial charge on any atom is -0.479 e. The summed E-state index contributed by atoms with van der Waals surface area (Å²) in [6.07, 6.45) is -7.73. The quantitative estimate of drug-likeness (QED) is 0.528. The van der Waals surface area contributed by atoms with Crippen LogP contribution in [-0.2, 0) is 4.79 Å². The lowest BCUT2D eigenvalue weighted by Crippen LogP contribution is -2.63. The molecule has 0 aromatic rings. The Morgan fingerprint density at radius 3 is 1.95 bits per heavy atom. The third-order valence-electron chi connectivity index (χ3n) is 2.90. The van der Waals surface area contributed by atoms with Gasteiger partial charge in [0.2, 0.25) is 5.54 Å². The number of hydrogen-bond donors (Lipinski definition) is 4. The summed E-state index contributed by atoms with van der Waals surface area (Å²) in [4.78, 5) is 22.9. The Labute approximate surface area is 105 Å². The van der Waals surface area contributed by atoms with Gasteiger partial charge in [-0.1, -0.05) is 0 Å². The predicted octanol–water partition coefficient (Wildman–Crippen LogP) is -0.861. The lowest BCUT2D eigenvalue weighted by molar-refractivity contribution is -0.203. The second-order valence-corrected chi connectivity index (χ2v) is 4.40. The van der Waals surface area contributed by atoms with Crippen LogP contribution in [0.5, 0.6) is 0 Å². The van der Waals surface area contributed by atoms with E-state index in [1.54, 1.807) is 0 Å². The number of halogens is 3. The predicted molar refractivity (Wildman–Crippen MR) is 54.2 cm³/mol. The summed E-state index contributed by atoms with van der Waals surface area (Å²) in [6, 6.07) is -1.32. The molecule has 1 heterocycles. The van der Waals surface area contributed by atoms with Crippen molar-refractivity contribution >= 4 is 12.0 Å². The molecule has 4 N–H and O–H groups in total. The molecule has 10 heteroatoms. The van der Waals surface area contributed by atoms with Crippen LogP contribution in [0.25, 0.3) is 0 Å². The van der Waals surface area contributed by atoms with Gasteiger partial charge in [0.25, 0.3) is 0 Å². The average Bonchev–Trinajstić information content (AvgIpc) is 2.57. The van der Waals surface area contributed by atoms with E-state index in [2.05, 4.69) is 0 Å². The van der Waals surface area contributed by atoms with Crippen LogP contribution in [0.3, 0.4) is 0 Å². The van der Waals surface area contributed by atoms with E-state index in [1.165, 1.54) is 5.32 Å². The Bertz CT molecular complexity index is 379. The highest BCUT2D eigenvalue weighted by Gasteiger charge is 2.59. The standard InChI is InChI=1S/C9H13F3N2O5/c1-8(6(17)18,9(10,11)12)13-7(19)14-2-4(15)5(16)3-14/h4-5,15-16H,2-3H2,1H3,(H,13,19)(H,17,18). The highest BCUT2D eigenvalue weighted by molar-refractivity contribution is 5.87. The number of aliphatic hydroxyl groups excluding tert-OH is 2. The number of urea groups is 1. The zero-order chi connectivity index (χ0) is 15.0. The normalized spacial score (nSPS) is 26.9. The molecule has 1 fully saturated rings. The lowest BCUT2D eigenvalue weighted by Gasteiger charge is -2.30. The van der Waals surface area contributed by atoms with Crippen molar-refractivity contribution < 1.29 is 38.1 Å². The van der Waals surface area contributed by atoms with Crippen molar-refractivity contribution in [3.8, 4) is 0 Å². The van der Waals surface area contributed by atoms with Crippen LogP contribution in [0.2, 0.25) is 0 Å². The molecule has 3 atom stereocenters. The molecule has 0 aromatic carbocycles. The third-order valence-corrected chi connectivity index (χ3v) is 2.90. The molecule has 1 aliphatic heterocycles. The van der Waals surface area contributed by atoms with E-state index in [9.17, 15) is 33.0 Å². The zero-order valence-corrected chi connectivity index (χ0v) is 9.81. The van der Waals surface area contributed by atoms with Crippen molar-refractivity contribution in [2.45, 2.75) is 30.8 Å². The molecule has 0 bridgehead atoms. The summed E-state index contributed by atoms with van der Waals surface area (Å²) in [6.45, 7) is -0.433. The smallest absolute Gasteiger partial charge is 0.422 e. The van der Waals surface area contributed by atoms with Gasteiger partial charge >= 0.3 is 18.2 Å². The number of likely N-dealkylation sites (tertiary alicyclic amines) is 1. The summed E-state index contributed by atoms with van der Waals surface area (Å²) in [5.74, 6) is -2.26. The maximum absolute atomic E-state index is 12.6. The van der Waals surface area contributed by atoms with Crippen LogP contribution >= 0.6 is 0 Å². The van der Waals surface area contributed by atoms with Gasteiger partial charge in [0.15, 0.2) is 0 Å². The summed E-state index contributed by atoms with van der Waals surface area (Å²) in [5, 5.41) is 28.3. The van der Waals surface area contributed by atoms with Crippen LogP contribution in [0, 0.1) is 0 Å².